The molecule has 0 spiro atoms. The molecule has 0 aliphatic heterocycles. The maximum absolute atomic E-state index is 13.7. The Labute approximate surface area is 119 Å². The van der Waals surface area contributed by atoms with Gasteiger partial charge < -0.3 is 15.0 Å². The van der Waals surface area contributed by atoms with Gasteiger partial charge in [0.15, 0.2) is 0 Å². The molecule has 0 radical (unpaired) electrons. The van der Waals surface area contributed by atoms with E-state index in [2.05, 4.69) is 34.8 Å². The standard InChI is InChI=1S/C13H17BrFN3O/c1-7(2)12(6-19-3)18-11-5-9(15)8(14)4-10(11)17-13(18)16/h4-5,7,12H,6H2,1-3H3,(H2,16,17). The van der Waals surface area contributed by atoms with Gasteiger partial charge in [-0.3, -0.25) is 0 Å². The number of methoxy groups -OCH3 is 1. The molecule has 6 heteroatoms. The van der Waals surface area contributed by atoms with Crippen molar-refractivity contribution in [1.29, 1.82) is 0 Å². The minimum atomic E-state index is -0.325. The molecule has 0 amide bonds. The minimum absolute atomic E-state index is 0.0237. The van der Waals surface area contributed by atoms with Crippen LogP contribution in [0, 0.1) is 11.7 Å². The third-order valence-corrected chi connectivity index (χ3v) is 3.81. The number of imidazole rings is 1. The number of nitrogens with zero attached hydrogens (tertiary/aromatic N) is 2. The molecule has 1 unspecified atom stereocenters. The van der Waals surface area contributed by atoms with Gasteiger partial charge in [0.05, 0.1) is 28.2 Å². The van der Waals surface area contributed by atoms with Crippen LogP contribution in [-0.2, 0) is 4.74 Å². The van der Waals surface area contributed by atoms with Gasteiger partial charge in [-0.25, -0.2) is 9.37 Å². The van der Waals surface area contributed by atoms with E-state index in [9.17, 15) is 4.39 Å². The van der Waals surface area contributed by atoms with Gasteiger partial charge in [0, 0.05) is 13.2 Å². The number of hydrogen-bond acceptors (Lipinski definition) is 3. The lowest BCUT2D eigenvalue weighted by Gasteiger charge is -2.23. The average Bonchev–Trinajstić information content (AvgIpc) is 2.62. The molecule has 0 saturated heterocycles. The summed E-state index contributed by atoms with van der Waals surface area (Å²) >= 11 is 3.16. The van der Waals surface area contributed by atoms with Crippen LogP contribution in [0.25, 0.3) is 11.0 Å². The molecule has 0 bridgehead atoms. The second kappa shape index (κ2) is 5.46. The fourth-order valence-electron chi connectivity index (χ4n) is 2.19. The minimum Gasteiger partial charge on any atom is -0.383 e. The summed E-state index contributed by atoms with van der Waals surface area (Å²) < 4.78 is 21.2. The number of nitrogen functional groups attached to an aromatic ring is 1. The number of anilines is 1. The Morgan fingerprint density at radius 3 is 2.74 bits per heavy atom. The number of ether oxygens (including phenoxy) is 1. The molecule has 0 fully saturated rings. The van der Waals surface area contributed by atoms with Crippen molar-refractivity contribution in [2.75, 3.05) is 19.5 Å². The average molecular weight is 330 g/mol. The molecule has 1 aromatic heterocycles. The first-order valence-electron chi connectivity index (χ1n) is 6.07. The van der Waals surface area contributed by atoms with Crippen molar-refractivity contribution < 1.29 is 9.13 Å². The first-order chi connectivity index (χ1) is 8.95. The van der Waals surface area contributed by atoms with Gasteiger partial charge in [-0.1, -0.05) is 13.8 Å². The topological polar surface area (TPSA) is 53.1 Å². The summed E-state index contributed by atoms with van der Waals surface area (Å²) in [5.74, 6) is 0.350. The highest BCUT2D eigenvalue weighted by atomic mass is 79.9. The summed E-state index contributed by atoms with van der Waals surface area (Å²) in [5, 5.41) is 0. The lowest BCUT2D eigenvalue weighted by atomic mass is 10.0. The molecule has 1 heterocycles. The molecule has 2 aromatic rings. The Morgan fingerprint density at radius 1 is 1.47 bits per heavy atom. The monoisotopic (exact) mass is 329 g/mol. The van der Waals surface area contributed by atoms with Gasteiger partial charge in [0.1, 0.15) is 5.82 Å². The van der Waals surface area contributed by atoms with Crippen molar-refractivity contribution in [2.24, 2.45) is 5.92 Å². The fraction of sp³-hybridized carbons (Fsp3) is 0.462. The van der Waals surface area contributed by atoms with Crippen LogP contribution >= 0.6 is 15.9 Å². The van der Waals surface area contributed by atoms with E-state index in [0.717, 1.165) is 0 Å². The lowest BCUT2D eigenvalue weighted by molar-refractivity contribution is 0.136. The van der Waals surface area contributed by atoms with E-state index in [1.54, 1.807) is 13.2 Å². The smallest absolute Gasteiger partial charge is 0.201 e. The van der Waals surface area contributed by atoms with Crippen LogP contribution in [0.1, 0.15) is 19.9 Å². The van der Waals surface area contributed by atoms with Crippen molar-refractivity contribution in [1.82, 2.24) is 9.55 Å². The molecule has 0 saturated carbocycles. The lowest BCUT2D eigenvalue weighted by Crippen LogP contribution is -2.21. The third kappa shape index (κ3) is 2.60. The van der Waals surface area contributed by atoms with E-state index in [4.69, 9.17) is 10.5 Å². The molecule has 19 heavy (non-hydrogen) atoms. The van der Waals surface area contributed by atoms with Crippen LogP contribution in [0.5, 0.6) is 0 Å². The maximum atomic E-state index is 13.7. The Bertz CT molecular complexity index is 597. The van der Waals surface area contributed by atoms with Crippen LogP contribution in [0.2, 0.25) is 0 Å². The zero-order valence-corrected chi connectivity index (χ0v) is 12.7. The van der Waals surface area contributed by atoms with E-state index >= 15 is 0 Å². The van der Waals surface area contributed by atoms with Crippen molar-refractivity contribution in [3.8, 4) is 0 Å². The van der Waals surface area contributed by atoms with E-state index < -0.39 is 0 Å². The normalized spacial score (nSPS) is 13.4. The first-order valence-corrected chi connectivity index (χ1v) is 6.86. The van der Waals surface area contributed by atoms with Gasteiger partial charge in [0.2, 0.25) is 5.95 Å². The predicted molar refractivity (Wildman–Crippen MR) is 77.6 cm³/mol. The molecule has 104 valence electrons. The van der Waals surface area contributed by atoms with E-state index in [0.29, 0.717) is 34.0 Å². The summed E-state index contributed by atoms with van der Waals surface area (Å²) in [6, 6.07) is 3.12. The number of nitrogens with two attached hydrogens (primary N) is 1. The summed E-state index contributed by atoms with van der Waals surface area (Å²) in [6.07, 6.45) is 0. The van der Waals surface area contributed by atoms with Crippen LogP contribution in [0.15, 0.2) is 16.6 Å². The Hall–Kier alpha value is -1.14. The zero-order chi connectivity index (χ0) is 14.2. The Balaban J connectivity index is 2.64. The number of benzene rings is 1. The molecule has 2 rings (SSSR count). The van der Waals surface area contributed by atoms with Crippen molar-refractivity contribution in [3.63, 3.8) is 0 Å². The summed E-state index contributed by atoms with van der Waals surface area (Å²) in [4.78, 5) is 4.29. The Morgan fingerprint density at radius 2 is 2.16 bits per heavy atom. The van der Waals surface area contributed by atoms with Crippen molar-refractivity contribution in [2.45, 2.75) is 19.9 Å². The maximum Gasteiger partial charge on any atom is 0.201 e. The first kappa shape index (κ1) is 14.3. The summed E-state index contributed by atoms with van der Waals surface area (Å²) in [7, 11) is 1.64. The second-order valence-electron chi connectivity index (χ2n) is 4.86. The highest BCUT2D eigenvalue weighted by Crippen LogP contribution is 2.30. The summed E-state index contributed by atoms with van der Waals surface area (Å²) in [5.41, 5.74) is 7.34. The molecule has 2 N–H and O–H groups in total. The zero-order valence-electron chi connectivity index (χ0n) is 11.2. The van der Waals surface area contributed by atoms with Gasteiger partial charge >= 0.3 is 0 Å². The fourth-order valence-corrected chi connectivity index (χ4v) is 2.52. The number of halogens is 2. The molecular weight excluding hydrogens is 313 g/mol. The molecular formula is C13H17BrFN3O. The molecule has 0 aliphatic rings. The molecule has 0 aliphatic carbocycles. The van der Waals surface area contributed by atoms with E-state index in [-0.39, 0.29) is 11.9 Å². The highest BCUT2D eigenvalue weighted by Gasteiger charge is 2.21. The predicted octanol–water partition coefficient (Wildman–Crippen LogP) is 3.36. The number of hydrogen-bond donors (Lipinski definition) is 1. The molecule has 1 atom stereocenters. The van der Waals surface area contributed by atoms with Crippen LogP contribution in [0.3, 0.4) is 0 Å². The quantitative estimate of drug-likeness (QED) is 0.935. The van der Waals surface area contributed by atoms with Gasteiger partial charge in [0.25, 0.3) is 0 Å². The Kier molecular flexibility index (Phi) is 4.10. The summed E-state index contributed by atoms with van der Waals surface area (Å²) in [6.45, 7) is 4.65. The van der Waals surface area contributed by atoms with Crippen LogP contribution in [-0.4, -0.2) is 23.3 Å². The van der Waals surface area contributed by atoms with Gasteiger partial charge in [-0.2, -0.15) is 0 Å². The van der Waals surface area contributed by atoms with Crippen molar-refractivity contribution >= 4 is 32.9 Å². The number of fused-ring (bicyclic) bond motifs is 1. The van der Waals surface area contributed by atoms with E-state index in [1.165, 1.54) is 6.07 Å². The van der Waals surface area contributed by atoms with Crippen LogP contribution < -0.4 is 5.73 Å². The SMILES string of the molecule is COCC(C(C)C)n1c(N)nc2cc(Br)c(F)cc21. The van der Waals surface area contributed by atoms with Crippen LogP contribution in [0.4, 0.5) is 10.3 Å². The largest absolute Gasteiger partial charge is 0.383 e. The van der Waals surface area contributed by atoms with Gasteiger partial charge in [-0.15, -0.1) is 0 Å². The molecule has 4 nitrogen and oxygen atoms in total. The number of aromatic nitrogens is 2. The second-order valence-corrected chi connectivity index (χ2v) is 5.72. The van der Waals surface area contributed by atoms with Gasteiger partial charge in [-0.05, 0) is 27.9 Å². The highest BCUT2D eigenvalue weighted by molar-refractivity contribution is 9.10. The third-order valence-electron chi connectivity index (χ3n) is 3.20. The van der Waals surface area contributed by atoms with Crippen molar-refractivity contribution in [3.05, 3.63) is 22.4 Å². The number of rotatable bonds is 4. The molecule has 1 aromatic carbocycles. The van der Waals surface area contributed by atoms with E-state index in [1.807, 2.05) is 4.57 Å².